The van der Waals surface area contributed by atoms with Crippen LogP contribution in [0.25, 0.3) is 11.1 Å². The Kier molecular flexibility index (Phi) is 41.2. The minimum absolute atomic E-state index is 0.0240. The van der Waals surface area contributed by atoms with Crippen molar-refractivity contribution in [2.24, 2.45) is 21.7 Å². The molecule has 6 fully saturated rings. The van der Waals surface area contributed by atoms with Gasteiger partial charge in [0.1, 0.15) is 68.2 Å². The number of ether oxygens (including phenoxy) is 9. The summed E-state index contributed by atoms with van der Waals surface area (Å²) >= 11 is 0. The van der Waals surface area contributed by atoms with E-state index in [-0.39, 0.29) is 116 Å². The Balaban J connectivity index is 0.000000208. The van der Waals surface area contributed by atoms with Crippen molar-refractivity contribution in [1.82, 2.24) is 29.4 Å². The minimum atomic E-state index is -2.81. The van der Waals surface area contributed by atoms with Crippen molar-refractivity contribution in [3.63, 3.8) is 0 Å². The van der Waals surface area contributed by atoms with E-state index < -0.39 is 134 Å². The molecule has 6 saturated heterocycles. The highest BCUT2D eigenvalue weighted by Crippen LogP contribution is 2.40. The summed E-state index contributed by atoms with van der Waals surface area (Å²) in [6.07, 6.45) is 9.95. The number of rotatable bonds is 27. The predicted molar refractivity (Wildman–Crippen MR) is 511 cm³/mol. The number of nitrogens with zero attached hydrogens (tertiary/aromatic N) is 6. The van der Waals surface area contributed by atoms with Gasteiger partial charge in [-0.2, -0.15) is 0 Å². The molecule has 0 spiro atoms. The van der Waals surface area contributed by atoms with Crippen LogP contribution in [-0.4, -0.2) is 233 Å². The van der Waals surface area contributed by atoms with Crippen molar-refractivity contribution in [2.45, 2.75) is 117 Å². The Hall–Kier alpha value is -15.9. The molecular formula is C107H115FN6O27. The van der Waals surface area contributed by atoms with E-state index in [1.165, 1.54) is 76.3 Å². The molecule has 13 rings (SSSR count). The molecule has 12 amide bonds. The normalized spacial score (nSPS) is 20.6. The van der Waals surface area contributed by atoms with Crippen LogP contribution in [0.5, 0.6) is 5.75 Å². The number of morpholine rings is 1. The Morgan fingerprint density at radius 2 is 0.681 bits per heavy atom. The summed E-state index contributed by atoms with van der Waals surface area (Å²) in [7, 11) is 0. The molecule has 0 saturated carbocycles. The molecule has 6 atom stereocenters. The van der Waals surface area contributed by atoms with Crippen molar-refractivity contribution in [3.8, 4) is 16.9 Å². The quantitative estimate of drug-likeness (QED) is 0.0152. The maximum Gasteiger partial charge on any atom is 0.422 e. The highest BCUT2D eigenvalue weighted by molar-refractivity contribution is 6.17. The summed E-state index contributed by atoms with van der Waals surface area (Å²) in [5.41, 5.74) is -5.27. The van der Waals surface area contributed by atoms with Crippen LogP contribution in [0.4, 0.5) is 14.0 Å². The highest BCUT2D eigenvalue weighted by atomic mass is 19.1. The predicted octanol–water partition coefficient (Wildman–Crippen LogP) is 13.9. The molecule has 6 unspecified atom stereocenters. The van der Waals surface area contributed by atoms with Crippen molar-refractivity contribution >= 4 is 107 Å². The summed E-state index contributed by atoms with van der Waals surface area (Å²) in [4.78, 5) is 228. The van der Waals surface area contributed by atoms with Crippen LogP contribution >= 0.6 is 0 Å². The van der Waals surface area contributed by atoms with E-state index >= 15 is 0 Å². The van der Waals surface area contributed by atoms with Gasteiger partial charge in [-0.3, -0.25) is 86.7 Å². The van der Waals surface area contributed by atoms with Crippen LogP contribution in [0.3, 0.4) is 0 Å². The summed E-state index contributed by atoms with van der Waals surface area (Å²) in [6.45, 7) is 29.1. The summed E-state index contributed by atoms with van der Waals surface area (Å²) in [6, 6.07) is 60.3. The van der Waals surface area contributed by atoms with Crippen LogP contribution in [0.1, 0.15) is 135 Å². The van der Waals surface area contributed by atoms with Gasteiger partial charge < -0.3 is 42.6 Å². The zero-order valence-corrected chi connectivity index (χ0v) is 79.4. The first-order valence-electron chi connectivity index (χ1n) is 45.3. The molecule has 0 radical (unpaired) electrons. The number of alkyl halides is 1. The first-order chi connectivity index (χ1) is 67.5. The molecule has 34 heteroatoms. The number of carbonyl (C=O) groups is 18. The van der Waals surface area contributed by atoms with Crippen LogP contribution in [0.15, 0.2) is 282 Å². The minimum Gasteiger partial charge on any atom is -0.461 e. The van der Waals surface area contributed by atoms with Crippen molar-refractivity contribution in [2.75, 3.05) is 85.5 Å². The Morgan fingerprint density at radius 1 is 0.333 bits per heavy atom. The molecule has 6 heterocycles. The molecule has 0 aromatic heterocycles. The third-order valence-electron chi connectivity index (χ3n) is 23.4. The molecule has 6 aliphatic heterocycles. The Bertz CT molecular complexity index is 5610. The van der Waals surface area contributed by atoms with Gasteiger partial charge in [-0.15, -0.1) is 0 Å². The second kappa shape index (κ2) is 52.6. The van der Waals surface area contributed by atoms with Crippen molar-refractivity contribution in [3.05, 3.63) is 310 Å². The summed E-state index contributed by atoms with van der Waals surface area (Å²) in [5.74, 6) is -10.1. The second-order valence-electron chi connectivity index (χ2n) is 33.5. The van der Waals surface area contributed by atoms with Crippen LogP contribution in [-0.2, 0) is 113 Å². The monoisotopic (exact) mass is 1930 g/mol. The van der Waals surface area contributed by atoms with Gasteiger partial charge in [-0.1, -0.05) is 234 Å². The van der Waals surface area contributed by atoms with Gasteiger partial charge >= 0.3 is 48.0 Å². The average Bonchev–Trinajstić information content (AvgIpc) is 1.74. The molecule has 742 valence electrons. The zero-order chi connectivity index (χ0) is 103. The molecule has 0 aliphatic carbocycles. The maximum absolute atomic E-state index is 14.8. The molecule has 0 N–H and O–H groups in total. The van der Waals surface area contributed by atoms with E-state index in [0.29, 0.717) is 68.5 Å². The maximum atomic E-state index is 14.8. The molecule has 33 nitrogen and oxygen atoms in total. The number of amides is 12. The molecule has 7 aromatic carbocycles. The number of hydrogen-bond acceptors (Lipinski definition) is 27. The lowest BCUT2D eigenvalue weighted by molar-refractivity contribution is -0.186. The molecule has 141 heavy (non-hydrogen) atoms. The number of halogens is 1. The van der Waals surface area contributed by atoms with Crippen molar-refractivity contribution < 1.29 is 133 Å². The molecule has 6 aliphatic rings. The van der Waals surface area contributed by atoms with Crippen LogP contribution in [0.2, 0.25) is 0 Å². The first kappa shape index (κ1) is 110. The second-order valence-corrected chi connectivity index (χ2v) is 33.5. The topological polar surface area (TPSA) is 410 Å². The van der Waals surface area contributed by atoms with Gasteiger partial charge in [0.15, 0.2) is 5.41 Å². The van der Waals surface area contributed by atoms with Gasteiger partial charge in [0, 0.05) is 62.8 Å². The average molecular weight is 1940 g/mol. The third kappa shape index (κ3) is 28.0. The number of hydrogen-bond donors (Lipinski definition) is 0. The van der Waals surface area contributed by atoms with E-state index in [1.807, 2.05) is 103 Å². The fraction of sp³-hybridized carbons (Fsp3) is 0.327. The lowest BCUT2D eigenvalue weighted by atomic mass is 9.74. The number of imide groups is 6. The van der Waals surface area contributed by atoms with Gasteiger partial charge in [0.05, 0.1) is 13.2 Å². The first-order valence-corrected chi connectivity index (χ1v) is 45.3. The third-order valence-corrected chi connectivity index (χ3v) is 23.4. The Morgan fingerprint density at radius 3 is 1.14 bits per heavy atom. The lowest BCUT2D eigenvalue weighted by Crippen LogP contribution is -2.61. The number of likely N-dealkylation sites (tertiary alicyclic amines) is 5. The highest BCUT2D eigenvalue weighted by Gasteiger charge is 2.58. The lowest BCUT2D eigenvalue weighted by Gasteiger charge is -2.38. The van der Waals surface area contributed by atoms with E-state index in [9.17, 15) is 90.7 Å². The molecule has 0 bridgehead atoms. The SMILES string of the molecule is C=CCOC(=O)C1(C)CCCN(C(=O)Oc2ccccc2)C1=O.C=CCOC(=O)C1(C)CCCN(C(=O)c2ccc(-c3ccccc3)cc2)C1=O.C=CCOC(=O)C1(C)CCN(C(=O)OCc2ccccc2)C1=O.C=CCOC(=O)C1(C)OCCN(C(=O)c2ccccc2)C1=O.C=CCOC(=O)C1(Cc2ccccc2)CCCN(C(C)=O)C1=O.C=CCOC(=O)C1(F)CCCN(C(=O)c2ccccc2)C1=O. The largest absolute Gasteiger partial charge is 0.461 e. The van der Waals surface area contributed by atoms with Crippen molar-refractivity contribution in [1.29, 1.82) is 0 Å². The number of piperidine rings is 4. The number of carbonyl (C=O) groups excluding carboxylic acids is 18. The number of benzene rings is 7. The van der Waals surface area contributed by atoms with Gasteiger partial charge in [-0.05, 0) is 156 Å². The van der Waals surface area contributed by atoms with E-state index in [0.717, 1.165) is 51.7 Å². The summed E-state index contributed by atoms with van der Waals surface area (Å²) < 4.78 is 60.1. The number of esters is 6. The van der Waals surface area contributed by atoms with Gasteiger partial charge in [0.25, 0.3) is 35.2 Å². The number of para-hydroxylation sites is 1. The molecular weight excluding hydrogens is 1820 g/mol. The van der Waals surface area contributed by atoms with E-state index in [2.05, 4.69) is 44.2 Å². The zero-order valence-electron chi connectivity index (χ0n) is 79.4. The Labute approximate surface area is 816 Å². The van der Waals surface area contributed by atoms with Gasteiger partial charge in [-0.25, -0.2) is 33.4 Å². The summed E-state index contributed by atoms with van der Waals surface area (Å²) in [5, 5.41) is 0. The van der Waals surface area contributed by atoms with Crippen LogP contribution < -0.4 is 4.74 Å². The fourth-order valence-electron chi connectivity index (χ4n) is 15.4. The van der Waals surface area contributed by atoms with Crippen LogP contribution in [0, 0.1) is 21.7 Å². The van der Waals surface area contributed by atoms with Gasteiger partial charge in [0.2, 0.25) is 35.1 Å². The van der Waals surface area contributed by atoms with E-state index in [4.69, 9.17) is 37.9 Å². The fourth-order valence-corrected chi connectivity index (χ4v) is 15.4. The smallest absolute Gasteiger partial charge is 0.422 e. The standard InChI is InChI=1S/C23H23NO4.C18H21NO4.2C17H19NO5.C16H16FNO4.C16H17NO5/c1-3-16-28-22(27)23(2)14-7-15-24(21(23)26)20(25)19-12-10-18(11-13-19)17-8-5-4-6-9-17;1-3-12-23-17(22)18(13-15-8-5-4-6-9-15)10-7-11-19(14(2)20)16(18)21;1-3-12-22-15(20)17(2)10-7-11-18(14(17)19)16(21)23-13-8-5-4-6-9-13;1-3-11-22-15(20)17(2)9-10-18(14(17)19)16(21)23-12-13-7-5-4-6-8-13;1-2-11-22-15(21)16(17)9-6-10-18(14(16)20)13(19)12-7-4-3-5-8-12;1-3-10-21-15(20)16(2)14(19)17(9-11-22-16)13(18)12-7-5-4-6-8-12/h3-6,8-13H,1,7,14-16H2,2H3;3-6,8-9H,1,7,10-13H2,2H3;3-6,8-9H,1,7,10-12H2,2H3;3-8H,1,9-12H2,2H3;2-5,7-8H,1,6,9-11H2;3-8H,1,9-11H2,2H3. The van der Waals surface area contributed by atoms with E-state index in [1.54, 1.807) is 97.9 Å². The molecule has 7 aromatic rings.